The van der Waals surface area contributed by atoms with Crippen LogP contribution in [0.1, 0.15) is 29.6 Å². The number of ether oxygens (including phenoxy) is 2. The van der Waals surface area contributed by atoms with Gasteiger partial charge in [-0.05, 0) is 38.1 Å². The molecule has 1 atom stereocenters. The summed E-state index contributed by atoms with van der Waals surface area (Å²) in [5.74, 6) is 0.968. The molecule has 0 aromatic carbocycles. The molecule has 2 aromatic heterocycles. The molecule has 166 valence electrons. The number of pyridine rings is 2. The summed E-state index contributed by atoms with van der Waals surface area (Å²) in [6.45, 7) is 9.69. The van der Waals surface area contributed by atoms with Gasteiger partial charge in [0.1, 0.15) is 11.9 Å². The maximum Gasteiger partial charge on any atom is 0.224 e. The monoisotopic (exact) mass is 425 g/mol. The van der Waals surface area contributed by atoms with Gasteiger partial charge in [-0.25, -0.2) is 4.98 Å². The molecule has 2 saturated heterocycles. The first-order valence-corrected chi connectivity index (χ1v) is 11.0. The zero-order chi connectivity index (χ0) is 21.6. The highest BCUT2D eigenvalue weighted by Gasteiger charge is 2.27. The highest BCUT2D eigenvalue weighted by atomic mass is 16.5. The average molecular weight is 426 g/mol. The highest BCUT2D eigenvalue weighted by Crippen LogP contribution is 2.25. The third-order valence-corrected chi connectivity index (χ3v) is 5.63. The predicted molar refractivity (Wildman–Crippen MR) is 118 cm³/mol. The fraction of sp³-hybridized carbons (Fsp3) is 0.522. The molecular formula is C23H31N5O3. The minimum Gasteiger partial charge on any atom is -0.379 e. The molecule has 1 amide bonds. The summed E-state index contributed by atoms with van der Waals surface area (Å²) in [5.41, 5.74) is 3.60. The van der Waals surface area contributed by atoms with Gasteiger partial charge in [0.15, 0.2) is 0 Å². The van der Waals surface area contributed by atoms with Gasteiger partial charge in [-0.1, -0.05) is 6.07 Å². The fourth-order valence-corrected chi connectivity index (χ4v) is 3.98. The molecule has 2 aliphatic rings. The molecule has 2 aliphatic heterocycles. The summed E-state index contributed by atoms with van der Waals surface area (Å²) in [6, 6.07) is 9.86. The number of morpholine rings is 2. The molecule has 4 rings (SSSR count). The standard InChI is InChI=1S/C23H31N5O3/c1-17-4-3-5-22(25-17)26-19-14-18(2)24-20(15-19)21-16-28(10-13-31-21)23(29)6-7-27-8-11-30-12-9-27/h3-5,14-15,21H,6-13,16H2,1-2H3,(H,24,25,26)/t21-/m1/s1. The quantitative estimate of drug-likeness (QED) is 0.762. The molecule has 0 spiro atoms. The number of amides is 1. The van der Waals surface area contributed by atoms with E-state index in [4.69, 9.17) is 9.47 Å². The molecule has 4 heterocycles. The lowest BCUT2D eigenvalue weighted by Gasteiger charge is -2.34. The van der Waals surface area contributed by atoms with E-state index in [1.165, 1.54) is 0 Å². The molecule has 2 fully saturated rings. The molecular weight excluding hydrogens is 394 g/mol. The van der Waals surface area contributed by atoms with Crippen LogP contribution in [-0.4, -0.2) is 78.2 Å². The van der Waals surface area contributed by atoms with Crippen LogP contribution in [0.25, 0.3) is 0 Å². The van der Waals surface area contributed by atoms with Gasteiger partial charge in [-0.2, -0.15) is 0 Å². The second-order valence-corrected chi connectivity index (χ2v) is 8.11. The number of hydrogen-bond acceptors (Lipinski definition) is 7. The van der Waals surface area contributed by atoms with E-state index in [0.29, 0.717) is 26.1 Å². The van der Waals surface area contributed by atoms with E-state index >= 15 is 0 Å². The summed E-state index contributed by atoms with van der Waals surface area (Å²) >= 11 is 0. The molecule has 2 aromatic rings. The van der Waals surface area contributed by atoms with Crippen LogP contribution < -0.4 is 5.32 Å². The second kappa shape index (κ2) is 10.2. The molecule has 0 saturated carbocycles. The Hall–Kier alpha value is -2.55. The SMILES string of the molecule is Cc1cccc(Nc2cc(C)nc([C@H]3CN(C(=O)CCN4CCOCC4)CCO3)c2)n1. The number of aromatic nitrogens is 2. The van der Waals surface area contributed by atoms with Crippen LogP contribution in [0, 0.1) is 13.8 Å². The number of carbonyl (C=O) groups excluding carboxylic acids is 1. The van der Waals surface area contributed by atoms with Crippen molar-refractivity contribution in [1.82, 2.24) is 19.8 Å². The van der Waals surface area contributed by atoms with Crippen molar-refractivity contribution < 1.29 is 14.3 Å². The van der Waals surface area contributed by atoms with E-state index in [2.05, 4.69) is 20.2 Å². The number of anilines is 2. The number of aryl methyl sites for hydroxylation is 2. The Morgan fingerprint density at radius 1 is 1.10 bits per heavy atom. The number of hydrogen-bond donors (Lipinski definition) is 1. The van der Waals surface area contributed by atoms with Crippen molar-refractivity contribution in [3.63, 3.8) is 0 Å². The number of carbonyl (C=O) groups is 1. The van der Waals surface area contributed by atoms with Gasteiger partial charge in [-0.15, -0.1) is 0 Å². The van der Waals surface area contributed by atoms with Crippen molar-refractivity contribution in [2.75, 3.05) is 57.9 Å². The van der Waals surface area contributed by atoms with Crippen molar-refractivity contribution in [2.45, 2.75) is 26.4 Å². The predicted octanol–water partition coefficient (Wildman–Crippen LogP) is 2.46. The van der Waals surface area contributed by atoms with E-state index in [1.807, 2.05) is 49.1 Å². The fourth-order valence-electron chi connectivity index (χ4n) is 3.98. The van der Waals surface area contributed by atoms with Crippen LogP contribution in [0.15, 0.2) is 30.3 Å². The van der Waals surface area contributed by atoms with Crippen molar-refractivity contribution in [2.24, 2.45) is 0 Å². The summed E-state index contributed by atoms with van der Waals surface area (Å²) in [7, 11) is 0. The highest BCUT2D eigenvalue weighted by molar-refractivity contribution is 5.76. The van der Waals surface area contributed by atoms with Gasteiger partial charge in [0, 0.05) is 49.7 Å². The molecule has 31 heavy (non-hydrogen) atoms. The van der Waals surface area contributed by atoms with Crippen LogP contribution in [0.2, 0.25) is 0 Å². The van der Waals surface area contributed by atoms with Gasteiger partial charge in [0.2, 0.25) is 5.91 Å². The van der Waals surface area contributed by atoms with Crippen LogP contribution in [0.5, 0.6) is 0 Å². The van der Waals surface area contributed by atoms with Crippen molar-refractivity contribution in [3.8, 4) is 0 Å². The summed E-state index contributed by atoms with van der Waals surface area (Å²) < 4.78 is 11.4. The zero-order valence-electron chi connectivity index (χ0n) is 18.3. The molecule has 0 radical (unpaired) electrons. The van der Waals surface area contributed by atoms with E-state index in [0.717, 1.165) is 61.4 Å². The Balaban J connectivity index is 1.39. The lowest BCUT2D eigenvalue weighted by atomic mass is 10.1. The number of nitrogens with zero attached hydrogens (tertiary/aromatic N) is 4. The third kappa shape index (κ3) is 6.00. The van der Waals surface area contributed by atoms with Crippen LogP contribution >= 0.6 is 0 Å². The molecule has 1 N–H and O–H groups in total. The average Bonchev–Trinajstić information content (AvgIpc) is 2.78. The Labute approximate surface area is 183 Å². The smallest absolute Gasteiger partial charge is 0.224 e. The summed E-state index contributed by atoms with van der Waals surface area (Å²) in [4.78, 5) is 26.2. The summed E-state index contributed by atoms with van der Waals surface area (Å²) in [6.07, 6.45) is 0.298. The van der Waals surface area contributed by atoms with Gasteiger partial charge in [-0.3, -0.25) is 14.7 Å². The first-order valence-electron chi connectivity index (χ1n) is 11.0. The normalized spacial score (nSPS) is 19.9. The van der Waals surface area contributed by atoms with E-state index in [-0.39, 0.29) is 12.0 Å². The van der Waals surface area contributed by atoms with Crippen LogP contribution in [-0.2, 0) is 14.3 Å². The first kappa shape index (κ1) is 21.7. The molecule has 0 unspecified atom stereocenters. The minimum absolute atomic E-state index is 0.176. The third-order valence-electron chi connectivity index (χ3n) is 5.63. The Bertz CT molecular complexity index is 901. The van der Waals surface area contributed by atoms with Crippen molar-refractivity contribution >= 4 is 17.4 Å². The Morgan fingerprint density at radius 2 is 1.94 bits per heavy atom. The van der Waals surface area contributed by atoms with Gasteiger partial charge in [0.25, 0.3) is 0 Å². The van der Waals surface area contributed by atoms with Gasteiger partial charge >= 0.3 is 0 Å². The second-order valence-electron chi connectivity index (χ2n) is 8.11. The zero-order valence-corrected chi connectivity index (χ0v) is 18.3. The first-order chi connectivity index (χ1) is 15.1. The maximum absolute atomic E-state index is 12.8. The lowest BCUT2D eigenvalue weighted by molar-refractivity contribution is -0.139. The summed E-state index contributed by atoms with van der Waals surface area (Å²) in [5, 5.41) is 3.35. The number of nitrogens with one attached hydrogen (secondary N) is 1. The van der Waals surface area contributed by atoms with Crippen LogP contribution in [0.3, 0.4) is 0 Å². The van der Waals surface area contributed by atoms with E-state index in [9.17, 15) is 4.79 Å². The Kier molecular flexibility index (Phi) is 7.11. The molecule has 8 heteroatoms. The number of rotatable bonds is 6. The van der Waals surface area contributed by atoms with Crippen LogP contribution in [0.4, 0.5) is 11.5 Å². The van der Waals surface area contributed by atoms with Gasteiger partial charge < -0.3 is 19.7 Å². The molecule has 0 bridgehead atoms. The Morgan fingerprint density at radius 3 is 2.74 bits per heavy atom. The lowest BCUT2D eigenvalue weighted by Crippen LogP contribution is -2.44. The molecule has 0 aliphatic carbocycles. The molecule has 8 nitrogen and oxygen atoms in total. The van der Waals surface area contributed by atoms with E-state index in [1.54, 1.807) is 0 Å². The topological polar surface area (TPSA) is 79.8 Å². The van der Waals surface area contributed by atoms with Crippen molar-refractivity contribution in [1.29, 1.82) is 0 Å². The van der Waals surface area contributed by atoms with Gasteiger partial charge in [0.05, 0.1) is 32.1 Å². The maximum atomic E-state index is 12.8. The van der Waals surface area contributed by atoms with Crippen molar-refractivity contribution in [3.05, 3.63) is 47.4 Å². The van der Waals surface area contributed by atoms with E-state index < -0.39 is 0 Å². The minimum atomic E-state index is -0.230. The largest absolute Gasteiger partial charge is 0.379 e.